The van der Waals surface area contributed by atoms with Crippen LogP contribution in [0.25, 0.3) is 0 Å². The first-order chi connectivity index (χ1) is 7.20. The maximum atomic E-state index is 5.44. The van der Waals surface area contributed by atoms with Gasteiger partial charge < -0.3 is 0 Å². The Morgan fingerprint density at radius 2 is 2.07 bits per heavy atom. The second kappa shape index (κ2) is 5.61. The Hall–Kier alpha value is -1.22. The molecule has 0 aliphatic heterocycles. The van der Waals surface area contributed by atoms with Crippen LogP contribution < -0.4 is 0 Å². The lowest BCUT2D eigenvalue weighted by atomic mass is 9.87. The van der Waals surface area contributed by atoms with Gasteiger partial charge in [0.05, 0.1) is 0 Å². The quantitative estimate of drug-likeness (QED) is 0.639. The molecule has 1 unspecified atom stereocenters. The maximum absolute atomic E-state index is 5.44. The fraction of sp³-hybridized carbons (Fsp3) is 0.467. The SMILES string of the molecule is C#CCC(CCC)c1cccc(C)c1C. The van der Waals surface area contributed by atoms with Crippen molar-refractivity contribution in [3.05, 3.63) is 34.9 Å². The summed E-state index contributed by atoms with van der Waals surface area (Å²) in [7, 11) is 0. The highest BCUT2D eigenvalue weighted by Crippen LogP contribution is 2.28. The zero-order valence-electron chi connectivity index (χ0n) is 10.0. The van der Waals surface area contributed by atoms with E-state index in [4.69, 9.17) is 6.42 Å². The minimum Gasteiger partial charge on any atom is -0.120 e. The van der Waals surface area contributed by atoms with Gasteiger partial charge >= 0.3 is 0 Å². The van der Waals surface area contributed by atoms with Gasteiger partial charge in [0.15, 0.2) is 0 Å². The van der Waals surface area contributed by atoms with E-state index in [-0.39, 0.29) is 0 Å². The van der Waals surface area contributed by atoms with E-state index in [1.165, 1.54) is 29.5 Å². The first-order valence-corrected chi connectivity index (χ1v) is 5.70. The Bertz CT molecular complexity index is 355. The molecule has 0 fully saturated rings. The van der Waals surface area contributed by atoms with E-state index < -0.39 is 0 Å². The van der Waals surface area contributed by atoms with Crippen molar-refractivity contribution in [2.75, 3.05) is 0 Å². The molecule has 80 valence electrons. The van der Waals surface area contributed by atoms with Crippen LogP contribution in [0.2, 0.25) is 0 Å². The van der Waals surface area contributed by atoms with Crippen molar-refractivity contribution >= 4 is 0 Å². The average molecular weight is 200 g/mol. The normalized spacial score (nSPS) is 12.1. The molecule has 0 amide bonds. The summed E-state index contributed by atoms with van der Waals surface area (Å²) in [5.74, 6) is 3.34. The summed E-state index contributed by atoms with van der Waals surface area (Å²) in [4.78, 5) is 0. The van der Waals surface area contributed by atoms with E-state index in [2.05, 4.69) is 44.9 Å². The average Bonchev–Trinajstić information content (AvgIpc) is 2.22. The first kappa shape index (κ1) is 11.9. The van der Waals surface area contributed by atoms with E-state index in [0.29, 0.717) is 5.92 Å². The topological polar surface area (TPSA) is 0 Å². The standard InChI is InChI=1S/C15H20/c1-5-8-14(9-6-2)15-11-7-10-12(3)13(15)4/h1,7,10-11,14H,6,8-9H2,2-4H3. The second-order valence-electron chi connectivity index (χ2n) is 4.18. The van der Waals surface area contributed by atoms with E-state index in [1.807, 2.05) is 0 Å². The molecule has 1 aromatic rings. The molecule has 1 rings (SSSR count). The highest BCUT2D eigenvalue weighted by Gasteiger charge is 2.12. The van der Waals surface area contributed by atoms with Crippen molar-refractivity contribution in [2.24, 2.45) is 0 Å². The van der Waals surface area contributed by atoms with Crippen LogP contribution in [-0.2, 0) is 0 Å². The van der Waals surface area contributed by atoms with Gasteiger partial charge in [0, 0.05) is 6.42 Å². The van der Waals surface area contributed by atoms with Gasteiger partial charge in [0.25, 0.3) is 0 Å². The summed E-state index contributed by atoms with van der Waals surface area (Å²) in [5, 5.41) is 0. The van der Waals surface area contributed by atoms with Crippen LogP contribution in [0.5, 0.6) is 0 Å². The van der Waals surface area contributed by atoms with Crippen LogP contribution in [0.3, 0.4) is 0 Å². The molecule has 1 atom stereocenters. The Morgan fingerprint density at radius 3 is 2.67 bits per heavy atom. The largest absolute Gasteiger partial charge is 0.120 e. The number of hydrogen-bond acceptors (Lipinski definition) is 0. The van der Waals surface area contributed by atoms with Crippen molar-refractivity contribution < 1.29 is 0 Å². The molecule has 0 N–H and O–H groups in total. The van der Waals surface area contributed by atoms with Gasteiger partial charge in [0.2, 0.25) is 0 Å². The van der Waals surface area contributed by atoms with Crippen molar-refractivity contribution in [1.29, 1.82) is 0 Å². The van der Waals surface area contributed by atoms with Gasteiger partial charge in [-0.15, -0.1) is 12.3 Å². The summed E-state index contributed by atoms with van der Waals surface area (Å²) in [6, 6.07) is 6.52. The van der Waals surface area contributed by atoms with Crippen molar-refractivity contribution in [1.82, 2.24) is 0 Å². The Balaban J connectivity index is 3.00. The van der Waals surface area contributed by atoms with Crippen LogP contribution in [0, 0.1) is 26.2 Å². The predicted molar refractivity (Wildman–Crippen MR) is 67.0 cm³/mol. The lowest BCUT2D eigenvalue weighted by molar-refractivity contribution is 0.625. The van der Waals surface area contributed by atoms with Gasteiger partial charge in [0.1, 0.15) is 0 Å². The smallest absolute Gasteiger partial charge is 0.0155 e. The highest BCUT2D eigenvalue weighted by molar-refractivity contribution is 5.36. The number of terminal acetylenes is 1. The van der Waals surface area contributed by atoms with E-state index >= 15 is 0 Å². The number of aryl methyl sites for hydroxylation is 1. The van der Waals surface area contributed by atoms with Gasteiger partial charge in [-0.25, -0.2) is 0 Å². The Kier molecular flexibility index (Phi) is 4.43. The molecular formula is C15H20. The number of hydrogen-bond donors (Lipinski definition) is 0. The molecule has 0 spiro atoms. The van der Waals surface area contributed by atoms with Crippen LogP contribution in [0.15, 0.2) is 18.2 Å². The third kappa shape index (κ3) is 2.86. The molecule has 0 bridgehead atoms. The number of benzene rings is 1. The van der Waals surface area contributed by atoms with Gasteiger partial charge in [-0.1, -0.05) is 31.5 Å². The monoisotopic (exact) mass is 200 g/mol. The van der Waals surface area contributed by atoms with Gasteiger partial charge in [-0.05, 0) is 42.9 Å². The van der Waals surface area contributed by atoms with Gasteiger partial charge in [-0.2, -0.15) is 0 Å². The third-order valence-electron chi connectivity index (χ3n) is 3.09. The van der Waals surface area contributed by atoms with E-state index in [1.54, 1.807) is 0 Å². The molecule has 0 saturated carbocycles. The molecule has 0 heterocycles. The van der Waals surface area contributed by atoms with Crippen LogP contribution >= 0.6 is 0 Å². The van der Waals surface area contributed by atoms with E-state index in [9.17, 15) is 0 Å². The predicted octanol–water partition coefficient (Wildman–Crippen LogP) is 4.21. The zero-order valence-corrected chi connectivity index (χ0v) is 10.0. The van der Waals surface area contributed by atoms with E-state index in [0.717, 1.165) is 6.42 Å². The molecule has 0 aliphatic rings. The van der Waals surface area contributed by atoms with Crippen LogP contribution in [0.4, 0.5) is 0 Å². The Morgan fingerprint density at radius 1 is 1.33 bits per heavy atom. The van der Waals surface area contributed by atoms with Crippen molar-refractivity contribution in [3.63, 3.8) is 0 Å². The molecule has 0 radical (unpaired) electrons. The number of rotatable bonds is 4. The minimum atomic E-state index is 0.542. The summed E-state index contributed by atoms with van der Waals surface area (Å²) in [6.07, 6.45) is 8.68. The molecule has 1 aromatic carbocycles. The lowest BCUT2D eigenvalue weighted by Gasteiger charge is -2.17. The molecule has 0 aromatic heterocycles. The second-order valence-corrected chi connectivity index (χ2v) is 4.18. The van der Waals surface area contributed by atoms with Gasteiger partial charge in [-0.3, -0.25) is 0 Å². The van der Waals surface area contributed by atoms with Crippen LogP contribution in [0.1, 0.15) is 48.8 Å². The third-order valence-corrected chi connectivity index (χ3v) is 3.09. The fourth-order valence-corrected chi connectivity index (χ4v) is 2.07. The summed E-state index contributed by atoms with van der Waals surface area (Å²) in [6.45, 7) is 6.58. The zero-order chi connectivity index (χ0) is 11.3. The van der Waals surface area contributed by atoms with Crippen molar-refractivity contribution in [3.8, 4) is 12.3 Å². The van der Waals surface area contributed by atoms with Crippen LogP contribution in [-0.4, -0.2) is 0 Å². The maximum Gasteiger partial charge on any atom is 0.0155 e. The molecule has 0 nitrogen and oxygen atoms in total. The molecule has 0 aliphatic carbocycles. The minimum absolute atomic E-state index is 0.542. The van der Waals surface area contributed by atoms with Crippen molar-refractivity contribution in [2.45, 2.75) is 46.0 Å². The summed E-state index contributed by atoms with van der Waals surface area (Å²) in [5.41, 5.74) is 4.21. The highest BCUT2D eigenvalue weighted by atomic mass is 14.2. The fourth-order valence-electron chi connectivity index (χ4n) is 2.07. The molecular weight excluding hydrogens is 180 g/mol. The summed E-state index contributed by atoms with van der Waals surface area (Å²) >= 11 is 0. The first-order valence-electron chi connectivity index (χ1n) is 5.70. The Labute approximate surface area is 93.7 Å². The summed E-state index contributed by atoms with van der Waals surface area (Å²) < 4.78 is 0. The molecule has 0 heteroatoms. The molecule has 0 saturated heterocycles. The lowest BCUT2D eigenvalue weighted by Crippen LogP contribution is -2.01. The molecule has 15 heavy (non-hydrogen) atoms.